The number of hydrogen-bond acceptors (Lipinski definition) is 5. The Kier molecular flexibility index (Phi) is 4.58. The van der Waals surface area contributed by atoms with Crippen LogP contribution in [0.15, 0.2) is 0 Å². The van der Waals surface area contributed by atoms with E-state index in [1.54, 1.807) is 11.3 Å². The molecule has 18 heavy (non-hydrogen) atoms. The molecule has 0 aliphatic rings. The molecule has 0 atom stereocenters. The molecule has 0 fully saturated rings. The van der Waals surface area contributed by atoms with Crippen molar-refractivity contribution >= 4 is 35.3 Å². The van der Waals surface area contributed by atoms with Gasteiger partial charge in [0.15, 0.2) is 5.82 Å². The summed E-state index contributed by atoms with van der Waals surface area (Å²) in [4.78, 5) is 10.1. The van der Waals surface area contributed by atoms with Crippen LogP contribution in [0, 0.1) is 4.77 Å². The summed E-state index contributed by atoms with van der Waals surface area (Å²) < 4.78 is 0.484. The summed E-state index contributed by atoms with van der Waals surface area (Å²) in [5, 5.41) is 7.00. The fourth-order valence-corrected chi connectivity index (χ4v) is 3.60. The highest BCUT2D eigenvalue weighted by molar-refractivity contribution is 7.98. The maximum atomic E-state index is 5.00. The molecule has 0 saturated carbocycles. The number of nitrogens with zero attached hydrogens (tertiary/aromatic N) is 2. The van der Waals surface area contributed by atoms with Gasteiger partial charge in [0.05, 0.1) is 10.6 Å². The van der Waals surface area contributed by atoms with E-state index in [2.05, 4.69) is 36.0 Å². The van der Waals surface area contributed by atoms with Gasteiger partial charge in [0.2, 0.25) is 4.77 Å². The Labute approximate surface area is 120 Å². The van der Waals surface area contributed by atoms with Gasteiger partial charge in [0.25, 0.3) is 0 Å². The maximum absolute atomic E-state index is 5.00. The highest BCUT2D eigenvalue weighted by atomic mass is 32.2. The first kappa shape index (κ1) is 13.8. The van der Waals surface area contributed by atoms with Crippen molar-refractivity contribution in [1.82, 2.24) is 20.2 Å². The fourth-order valence-electron chi connectivity index (χ4n) is 1.57. The van der Waals surface area contributed by atoms with Gasteiger partial charge < -0.3 is 0 Å². The maximum Gasteiger partial charge on any atom is 0.213 e. The predicted octanol–water partition coefficient (Wildman–Crippen LogP) is 3.97. The second-order valence-corrected chi connectivity index (χ2v) is 6.87. The first-order chi connectivity index (χ1) is 8.61. The molecule has 2 N–H and O–H groups in total. The SMILES string of the molecule is CCSCc1nc(C(C)C)c(-c2nc(=S)[nH][nH]2)s1. The van der Waals surface area contributed by atoms with E-state index in [9.17, 15) is 0 Å². The van der Waals surface area contributed by atoms with Crippen molar-refractivity contribution < 1.29 is 0 Å². The Morgan fingerprint density at radius 2 is 2.11 bits per heavy atom. The lowest BCUT2D eigenvalue weighted by atomic mass is 10.1. The third-order valence-electron chi connectivity index (χ3n) is 2.39. The quantitative estimate of drug-likeness (QED) is 0.820. The molecule has 0 amide bonds. The van der Waals surface area contributed by atoms with Gasteiger partial charge >= 0.3 is 0 Å². The normalized spacial score (nSPS) is 11.3. The van der Waals surface area contributed by atoms with Crippen LogP contribution in [-0.2, 0) is 5.75 Å². The predicted molar refractivity (Wildman–Crippen MR) is 80.8 cm³/mol. The number of hydrogen-bond donors (Lipinski definition) is 2. The first-order valence-electron chi connectivity index (χ1n) is 5.84. The van der Waals surface area contributed by atoms with Crippen LogP contribution in [0.25, 0.3) is 10.7 Å². The van der Waals surface area contributed by atoms with Gasteiger partial charge in [0.1, 0.15) is 5.01 Å². The van der Waals surface area contributed by atoms with Gasteiger partial charge in [-0.1, -0.05) is 20.8 Å². The van der Waals surface area contributed by atoms with Crippen molar-refractivity contribution in [2.24, 2.45) is 0 Å². The number of rotatable bonds is 5. The lowest BCUT2D eigenvalue weighted by Gasteiger charge is -2.01. The molecule has 0 aliphatic heterocycles. The Morgan fingerprint density at radius 3 is 2.67 bits per heavy atom. The van der Waals surface area contributed by atoms with E-state index in [1.807, 2.05) is 11.8 Å². The van der Waals surface area contributed by atoms with Crippen LogP contribution in [0.3, 0.4) is 0 Å². The molecular weight excluding hydrogens is 284 g/mol. The number of thioether (sulfide) groups is 1. The van der Waals surface area contributed by atoms with Gasteiger partial charge in [-0.2, -0.15) is 16.7 Å². The van der Waals surface area contributed by atoms with Crippen LogP contribution < -0.4 is 0 Å². The number of aromatic nitrogens is 4. The summed E-state index contributed by atoms with van der Waals surface area (Å²) >= 11 is 8.59. The lowest BCUT2D eigenvalue weighted by molar-refractivity contribution is 0.828. The van der Waals surface area contributed by atoms with Crippen LogP contribution in [0.5, 0.6) is 0 Å². The molecule has 0 spiro atoms. The third kappa shape index (κ3) is 3.02. The molecule has 7 heteroatoms. The van der Waals surface area contributed by atoms with Gasteiger partial charge in [-0.25, -0.2) is 4.98 Å². The first-order valence-corrected chi connectivity index (χ1v) is 8.22. The minimum atomic E-state index is 0.385. The zero-order valence-electron chi connectivity index (χ0n) is 10.6. The molecule has 98 valence electrons. The van der Waals surface area contributed by atoms with E-state index in [-0.39, 0.29) is 0 Å². The molecular formula is C11H16N4S3. The van der Waals surface area contributed by atoms with Crippen molar-refractivity contribution in [3.05, 3.63) is 15.5 Å². The number of nitrogens with one attached hydrogen (secondary N) is 2. The van der Waals surface area contributed by atoms with Crippen LogP contribution >= 0.6 is 35.3 Å². The molecule has 2 rings (SSSR count). The van der Waals surface area contributed by atoms with Crippen LogP contribution in [0.4, 0.5) is 0 Å². The summed E-state index contributed by atoms with van der Waals surface area (Å²) in [6, 6.07) is 0. The Hall–Kier alpha value is -0.660. The van der Waals surface area contributed by atoms with E-state index in [1.165, 1.54) is 0 Å². The summed E-state index contributed by atoms with van der Waals surface area (Å²) in [5.41, 5.74) is 1.10. The minimum Gasteiger partial charge on any atom is -0.281 e. The summed E-state index contributed by atoms with van der Waals surface area (Å²) in [6.07, 6.45) is 0. The molecule has 2 aromatic rings. The van der Waals surface area contributed by atoms with Gasteiger partial charge in [0, 0.05) is 5.75 Å². The molecule has 4 nitrogen and oxygen atoms in total. The van der Waals surface area contributed by atoms with E-state index in [4.69, 9.17) is 17.2 Å². The second-order valence-electron chi connectivity index (χ2n) is 4.13. The molecule has 0 radical (unpaired) electrons. The summed E-state index contributed by atoms with van der Waals surface area (Å²) in [7, 11) is 0. The minimum absolute atomic E-state index is 0.385. The number of thiazole rings is 1. The largest absolute Gasteiger partial charge is 0.281 e. The van der Waals surface area contributed by atoms with Gasteiger partial charge in [-0.05, 0) is 23.9 Å². The van der Waals surface area contributed by atoms with Gasteiger partial charge in [-0.15, -0.1) is 11.3 Å². The Balaban J connectivity index is 2.38. The molecule has 0 aliphatic carbocycles. The van der Waals surface area contributed by atoms with E-state index < -0.39 is 0 Å². The average Bonchev–Trinajstić information content (AvgIpc) is 2.92. The van der Waals surface area contributed by atoms with E-state index in [0.29, 0.717) is 10.7 Å². The van der Waals surface area contributed by atoms with Gasteiger partial charge in [-0.3, -0.25) is 10.2 Å². The molecule has 0 bridgehead atoms. The highest BCUT2D eigenvalue weighted by Gasteiger charge is 2.17. The number of aromatic amines is 2. The Morgan fingerprint density at radius 1 is 1.33 bits per heavy atom. The van der Waals surface area contributed by atoms with Crippen LogP contribution in [0.2, 0.25) is 0 Å². The van der Waals surface area contributed by atoms with E-state index in [0.717, 1.165) is 32.9 Å². The van der Waals surface area contributed by atoms with Crippen LogP contribution in [0.1, 0.15) is 37.4 Å². The zero-order valence-corrected chi connectivity index (χ0v) is 13.1. The monoisotopic (exact) mass is 300 g/mol. The Bertz CT molecular complexity index is 567. The highest BCUT2D eigenvalue weighted by Crippen LogP contribution is 2.33. The van der Waals surface area contributed by atoms with Crippen LogP contribution in [-0.4, -0.2) is 25.9 Å². The van der Waals surface area contributed by atoms with E-state index >= 15 is 0 Å². The lowest BCUT2D eigenvalue weighted by Crippen LogP contribution is -1.92. The summed E-state index contributed by atoms with van der Waals surface area (Å²) in [5.74, 6) is 3.26. The fraction of sp³-hybridized carbons (Fsp3) is 0.545. The zero-order chi connectivity index (χ0) is 13.1. The van der Waals surface area contributed by atoms with Crippen molar-refractivity contribution in [2.45, 2.75) is 32.4 Å². The molecule has 0 saturated heterocycles. The molecule has 0 unspecified atom stereocenters. The summed E-state index contributed by atoms with van der Waals surface area (Å²) in [6.45, 7) is 6.46. The number of H-pyrrole nitrogens is 2. The van der Waals surface area contributed by atoms with Crippen molar-refractivity contribution in [3.8, 4) is 10.7 Å². The van der Waals surface area contributed by atoms with Crippen molar-refractivity contribution in [3.63, 3.8) is 0 Å². The third-order valence-corrected chi connectivity index (χ3v) is 4.73. The molecule has 0 aromatic carbocycles. The smallest absolute Gasteiger partial charge is 0.213 e. The van der Waals surface area contributed by atoms with Crippen molar-refractivity contribution in [2.75, 3.05) is 5.75 Å². The molecule has 2 heterocycles. The standard InChI is InChI=1S/C11H16N4S3/c1-4-17-5-7-12-8(6(2)3)9(18-7)10-13-11(16)15-14-10/h6H,4-5H2,1-3H3,(H2,13,14,15,16). The average molecular weight is 300 g/mol. The second kappa shape index (κ2) is 5.99. The van der Waals surface area contributed by atoms with Crippen molar-refractivity contribution in [1.29, 1.82) is 0 Å². The molecule has 2 aromatic heterocycles. The topological polar surface area (TPSA) is 57.4 Å².